The molecule has 1 N–H and O–H groups in total. The lowest BCUT2D eigenvalue weighted by Crippen LogP contribution is -2.44. The van der Waals surface area contributed by atoms with Crippen molar-refractivity contribution in [3.63, 3.8) is 0 Å². The first-order valence-corrected chi connectivity index (χ1v) is 7.12. The number of aliphatic hydroxyl groups excluding tert-OH is 1. The summed E-state index contributed by atoms with van der Waals surface area (Å²) in [6, 6.07) is 8.82. The first-order chi connectivity index (χ1) is 9.17. The lowest BCUT2D eigenvalue weighted by molar-refractivity contribution is 0.313. The van der Waals surface area contributed by atoms with E-state index in [-0.39, 0.29) is 0 Å². The van der Waals surface area contributed by atoms with E-state index in [4.69, 9.17) is 5.11 Å². The van der Waals surface area contributed by atoms with Gasteiger partial charge >= 0.3 is 0 Å². The Hall–Kier alpha value is -1.06. The summed E-state index contributed by atoms with van der Waals surface area (Å²) in [5.41, 5.74) is 2.70. The van der Waals surface area contributed by atoms with E-state index in [1.165, 1.54) is 30.8 Å². The maximum atomic E-state index is 7.00. The van der Waals surface area contributed by atoms with Crippen molar-refractivity contribution in [3.8, 4) is 0 Å². The van der Waals surface area contributed by atoms with Gasteiger partial charge < -0.3 is 14.9 Å². The largest absolute Gasteiger partial charge is 0.400 e. The third kappa shape index (κ3) is 7.19. The number of hydrogen-bond acceptors (Lipinski definition) is 3. The molecule has 0 atom stereocenters. The van der Waals surface area contributed by atoms with Gasteiger partial charge in [0.25, 0.3) is 0 Å². The van der Waals surface area contributed by atoms with Crippen molar-refractivity contribution in [1.82, 2.24) is 4.90 Å². The average molecular weight is 266 g/mol. The Kier molecular flexibility index (Phi) is 10.2. The van der Waals surface area contributed by atoms with Crippen LogP contribution in [0.4, 0.5) is 5.69 Å². The second-order valence-electron chi connectivity index (χ2n) is 4.83. The maximum absolute atomic E-state index is 7.00. The summed E-state index contributed by atoms with van der Waals surface area (Å²) in [5, 5.41) is 7.00. The molecule has 1 aromatic rings. The fraction of sp³-hybridized carbons (Fsp3) is 0.625. The van der Waals surface area contributed by atoms with Gasteiger partial charge in [-0.1, -0.05) is 38.0 Å². The molecule has 0 bridgehead atoms. The molecule has 0 aliphatic carbocycles. The molecule has 3 heteroatoms. The van der Waals surface area contributed by atoms with Crippen LogP contribution in [0.3, 0.4) is 0 Å². The molecule has 110 valence electrons. The lowest BCUT2D eigenvalue weighted by atomic mass is 10.2. The number of hydrogen-bond donors (Lipinski definition) is 1. The summed E-state index contributed by atoms with van der Waals surface area (Å²) in [6.07, 6.45) is 1.25. The van der Waals surface area contributed by atoms with Gasteiger partial charge in [0.1, 0.15) is 0 Å². The number of piperazine rings is 1. The molecule has 1 aromatic carbocycles. The fourth-order valence-electron chi connectivity index (χ4n) is 1.82. The number of benzene rings is 1. The van der Waals surface area contributed by atoms with Crippen LogP contribution in [0, 0.1) is 6.92 Å². The van der Waals surface area contributed by atoms with Crippen molar-refractivity contribution in [3.05, 3.63) is 29.8 Å². The van der Waals surface area contributed by atoms with Crippen LogP contribution in [-0.4, -0.2) is 50.3 Å². The molecule has 0 amide bonds. The lowest BCUT2D eigenvalue weighted by Gasteiger charge is -2.34. The second kappa shape index (κ2) is 10.8. The molecule has 1 saturated heterocycles. The van der Waals surface area contributed by atoms with E-state index in [2.05, 4.69) is 61.9 Å². The number of aryl methyl sites for hydroxylation is 1. The number of anilines is 1. The van der Waals surface area contributed by atoms with E-state index in [9.17, 15) is 0 Å². The second-order valence-corrected chi connectivity index (χ2v) is 4.83. The number of nitrogens with zero attached hydrogens (tertiary/aromatic N) is 2. The third-order valence-corrected chi connectivity index (χ3v) is 2.90. The molecule has 1 aliphatic heterocycles. The number of likely N-dealkylation sites (N-methyl/N-ethyl adjacent to an activating group) is 1. The van der Waals surface area contributed by atoms with Crippen LogP contribution in [-0.2, 0) is 0 Å². The van der Waals surface area contributed by atoms with Gasteiger partial charge in [0.15, 0.2) is 0 Å². The van der Waals surface area contributed by atoms with Crippen LogP contribution in [0.5, 0.6) is 0 Å². The molecule has 1 fully saturated rings. The molecule has 19 heavy (non-hydrogen) atoms. The molecular formula is C16H30N2O. The third-order valence-electron chi connectivity index (χ3n) is 2.90. The average Bonchev–Trinajstić information content (AvgIpc) is 2.44. The van der Waals surface area contributed by atoms with E-state index in [1.54, 1.807) is 0 Å². The molecular weight excluding hydrogens is 236 g/mol. The van der Waals surface area contributed by atoms with Gasteiger partial charge in [0.05, 0.1) is 0 Å². The Bertz CT molecular complexity index is 303. The summed E-state index contributed by atoms with van der Waals surface area (Å²) >= 11 is 0. The first kappa shape index (κ1) is 17.9. The number of aliphatic hydroxyl groups is 1. The molecule has 2 rings (SSSR count). The molecule has 0 unspecified atom stereocenters. The summed E-state index contributed by atoms with van der Waals surface area (Å²) in [7, 11) is 3.19. The highest BCUT2D eigenvalue weighted by molar-refractivity contribution is 5.47. The fourth-order valence-corrected chi connectivity index (χ4v) is 1.82. The van der Waals surface area contributed by atoms with Gasteiger partial charge in [-0.3, -0.25) is 0 Å². The van der Waals surface area contributed by atoms with Crippen molar-refractivity contribution in [2.24, 2.45) is 0 Å². The van der Waals surface area contributed by atoms with Gasteiger partial charge in [-0.2, -0.15) is 0 Å². The summed E-state index contributed by atoms with van der Waals surface area (Å²) < 4.78 is 0. The minimum absolute atomic E-state index is 1.00. The Balaban J connectivity index is 0.000000573. The zero-order chi connectivity index (χ0) is 14.7. The van der Waals surface area contributed by atoms with Crippen molar-refractivity contribution in [2.75, 3.05) is 45.2 Å². The Morgan fingerprint density at radius 3 is 1.79 bits per heavy atom. The smallest absolute Gasteiger partial charge is 0.0367 e. The van der Waals surface area contributed by atoms with Crippen molar-refractivity contribution < 1.29 is 5.11 Å². The van der Waals surface area contributed by atoms with Crippen LogP contribution < -0.4 is 4.90 Å². The zero-order valence-electron chi connectivity index (χ0n) is 13.2. The highest BCUT2D eigenvalue weighted by Crippen LogP contribution is 2.16. The highest BCUT2D eigenvalue weighted by atomic mass is 16.2. The molecule has 0 saturated carbocycles. The van der Waals surface area contributed by atoms with Crippen LogP contribution in [0.15, 0.2) is 24.3 Å². The van der Waals surface area contributed by atoms with Gasteiger partial charge in [-0.25, -0.2) is 0 Å². The monoisotopic (exact) mass is 266 g/mol. The van der Waals surface area contributed by atoms with Crippen LogP contribution in [0.2, 0.25) is 0 Å². The summed E-state index contributed by atoms with van der Waals surface area (Å²) in [6.45, 7) is 11.0. The number of rotatable bonds is 1. The van der Waals surface area contributed by atoms with Crippen LogP contribution in [0.1, 0.15) is 25.8 Å². The van der Waals surface area contributed by atoms with Gasteiger partial charge in [-0.15, -0.1) is 0 Å². The van der Waals surface area contributed by atoms with Crippen molar-refractivity contribution in [1.29, 1.82) is 0 Å². The Morgan fingerprint density at radius 2 is 1.37 bits per heavy atom. The highest BCUT2D eigenvalue weighted by Gasteiger charge is 2.13. The van der Waals surface area contributed by atoms with E-state index in [0.717, 1.165) is 20.2 Å². The van der Waals surface area contributed by atoms with Crippen LogP contribution in [0.25, 0.3) is 0 Å². The standard InChI is InChI=1S/C12H18N2.C3H8.CH4O/c1-11-3-5-12(6-4-11)14-9-7-13(2)8-10-14;1-3-2;1-2/h3-6H,7-10H2,1-2H3;3H2,1-2H3;2H,1H3. The molecule has 0 aromatic heterocycles. The summed E-state index contributed by atoms with van der Waals surface area (Å²) in [5.74, 6) is 0. The van der Waals surface area contributed by atoms with E-state index >= 15 is 0 Å². The predicted molar refractivity (Wildman–Crippen MR) is 85.0 cm³/mol. The Labute approximate surface area is 118 Å². The topological polar surface area (TPSA) is 26.7 Å². The minimum atomic E-state index is 1.00. The van der Waals surface area contributed by atoms with Crippen molar-refractivity contribution >= 4 is 5.69 Å². The van der Waals surface area contributed by atoms with Gasteiger partial charge in [0.2, 0.25) is 0 Å². The molecule has 0 radical (unpaired) electrons. The quantitative estimate of drug-likeness (QED) is 0.847. The Morgan fingerprint density at radius 1 is 0.947 bits per heavy atom. The normalized spacial score (nSPS) is 14.9. The molecule has 0 spiro atoms. The van der Waals surface area contributed by atoms with E-state index < -0.39 is 0 Å². The maximum Gasteiger partial charge on any atom is 0.0367 e. The molecule has 1 heterocycles. The first-order valence-electron chi connectivity index (χ1n) is 7.12. The predicted octanol–water partition coefficient (Wildman–Crippen LogP) is 2.77. The van der Waals surface area contributed by atoms with Crippen molar-refractivity contribution in [2.45, 2.75) is 27.2 Å². The minimum Gasteiger partial charge on any atom is -0.400 e. The zero-order valence-corrected chi connectivity index (χ0v) is 13.2. The molecule has 1 aliphatic rings. The van der Waals surface area contributed by atoms with Gasteiger partial charge in [0, 0.05) is 39.0 Å². The van der Waals surface area contributed by atoms with Crippen LogP contribution >= 0.6 is 0 Å². The van der Waals surface area contributed by atoms with E-state index in [1.807, 2.05) is 0 Å². The van der Waals surface area contributed by atoms with E-state index in [0.29, 0.717) is 0 Å². The van der Waals surface area contributed by atoms with Gasteiger partial charge in [-0.05, 0) is 26.1 Å². The SMILES string of the molecule is CCC.CO.Cc1ccc(N2CCN(C)CC2)cc1. The molecule has 3 nitrogen and oxygen atoms in total. The summed E-state index contributed by atoms with van der Waals surface area (Å²) in [4.78, 5) is 4.84.